The van der Waals surface area contributed by atoms with Gasteiger partial charge in [0, 0.05) is 18.4 Å². The lowest BCUT2D eigenvalue weighted by atomic mass is 9.74. The van der Waals surface area contributed by atoms with E-state index in [4.69, 9.17) is 0 Å². The number of aliphatic hydroxyl groups is 1. The Hall–Kier alpha value is -1.35. The Labute approximate surface area is 140 Å². The van der Waals surface area contributed by atoms with Crippen molar-refractivity contribution in [2.75, 3.05) is 13.2 Å². The molecule has 1 aromatic rings. The van der Waals surface area contributed by atoms with E-state index in [0.717, 1.165) is 32.1 Å². The molecule has 0 heterocycles. The summed E-state index contributed by atoms with van der Waals surface area (Å²) in [7, 11) is 0. The number of rotatable bonds is 7. The molecule has 3 nitrogen and oxygen atoms in total. The molecular weight excluding hydrogens is 286 g/mol. The molecule has 1 saturated carbocycles. The minimum atomic E-state index is -0.0805. The summed E-state index contributed by atoms with van der Waals surface area (Å²) in [5.74, 6) is 0.104. The van der Waals surface area contributed by atoms with Crippen LogP contribution in [0.2, 0.25) is 0 Å². The molecule has 2 N–H and O–H groups in total. The molecule has 1 fully saturated rings. The molecule has 0 unspecified atom stereocenters. The topological polar surface area (TPSA) is 49.3 Å². The summed E-state index contributed by atoms with van der Waals surface area (Å²) in [4.78, 5) is 12.2. The van der Waals surface area contributed by atoms with Crippen LogP contribution < -0.4 is 5.32 Å². The Balaban J connectivity index is 1.81. The highest BCUT2D eigenvalue weighted by atomic mass is 16.3. The molecule has 1 aliphatic carbocycles. The van der Waals surface area contributed by atoms with Crippen molar-refractivity contribution in [2.45, 2.75) is 64.2 Å². The maximum atomic E-state index is 12.2. The van der Waals surface area contributed by atoms with Crippen LogP contribution >= 0.6 is 0 Å². The first kappa shape index (κ1) is 18.0. The molecule has 128 valence electrons. The van der Waals surface area contributed by atoms with Crippen molar-refractivity contribution in [3.05, 3.63) is 35.9 Å². The Bertz CT molecular complexity index is 490. The standard InChI is InChI=1S/C20H31NO2/c1-19(2,17-9-5-3-6-10-17)14-11-18(23)21-15-20(16-22)12-7-4-8-13-20/h3,5-6,9-10,22H,4,7-8,11-16H2,1-2H3,(H,21,23). The van der Waals surface area contributed by atoms with Crippen LogP contribution in [0.25, 0.3) is 0 Å². The van der Waals surface area contributed by atoms with Gasteiger partial charge in [-0.15, -0.1) is 0 Å². The van der Waals surface area contributed by atoms with Gasteiger partial charge in [-0.2, -0.15) is 0 Å². The zero-order chi connectivity index (χ0) is 16.8. The lowest BCUT2D eigenvalue weighted by molar-refractivity contribution is -0.122. The molecule has 3 heteroatoms. The zero-order valence-electron chi connectivity index (χ0n) is 14.6. The van der Waals surface area contributed by atoms with E-state index < -0.39 is 0 Å². The lowest BCUT2D eigenvalue weighted by Crippen LogP contribution is -2.41. The van der Waals surface area contributed by atoms with Gasteiger partial charge in [0.1, 0.15) is 0 Å². The Morgan fingerprint density at radius 1 is 1.17 bits per heavy atom. The largest absolute Gasteiger partial charge is 0.396 e. The van der Waals surface area contributed by atoms with Crippen LogP contribution in [0.4, 0.5) is 0 Å². The first-order chi connectivity index (χ1) is 11.0. The van der Waals surface area contributed by atoms with Gasteiger partial charge in [-0.3, -0.25) is 4.79 Å². The van der Waals surface area contributed by atoms with E-state index in [9.17, 15) is 9.90 Å². The number of benzene rings is 1. The number of nitrogens with one attached hydrogen (secondary N) is 1. The maximum Gasteiger partial charge on any atom is 0.220 e. The number of carbonyl (C=O) groups excluding carboxylic acids is 1. The second-order valence-electron chi connectivity index (χ2n) is 7.75. The summed E-state index contributed by atoms with van der Waals surface area (Å²) in [6.45, 7) is 5.18. The molecule has 0 aliphatic heterocycles. The molecule has 0 radical (unpaired) electrons. The van der Waals surface area contributed by atoms with Crippen molar-refractivity contribution in [3.63, 3.8) is 0 Å². The summed E-state index contributed by atoms with van der Waals surface area (Å²) in [6, 6.07) is 10.4. The molecule has 1 amide bonds. The van der Waals surface area contributed by atoms with Crippen molar-refractivity contribution in [1.82, 2.24) is 5.32 Å². The summed E-state index contributed by atoms with van der Waals surface area (Å²) < 4.78 is 0. The van der Waals surface area contributed by atoms with Gasteiger partial charge in [-0.1, -0.05) is 63.4 Å². The molecule has 0 aromatic heterocycles. The summed E-state index contributed by atoms with van der Waals surface area (Å²) >= 11 is 0. The van der Waals surface area contributed by atoms with E-state index in [1.54, 1.807) is 0 Å². The minimum absolute atomic E-state index is 0.00188. The fourth-order valence-corrected chi connectivity index (χ4v) is 3.53. The molecule has 0 bridgehead atoms. The predicted molar refractivity (Wildman–Crippen MR) is 94.3 cm³/mol. The molecule has 23 heavy (non-hydrogen) atoms. The van der Waals surface area contributed by atoms with E-state index in [-0.39, 0.29) is 23.3 Å². The second kappa shape index (κ2) is 7.96. The first-order valence-electron chi connectivity index (χ1n) is 8.91. The van der Waals surface area contributed by atoms with Crippen LogP contribution in [0.3, 0.4) is 0 Å². The second-order valence-corrected chi connectivity index (χ2v) is 7.75. The van der Waals surface area contributed by atoms with Crippen molar-refractivity contribution >= 4 is 5.91 Å². The lowest BCUT2D eigenvalue weighted by Gasteiger charge is -2.35. The summed E-state index contributed by atoms with van der Waals surface area (Å²) in [5.41, 5.74) is 1.19. The van der Waals surface area contributed by atoms with E-state index in [2.05, 4.69) is 31.3 Å². The van der Waals surface area contributed by atoms with Crippen molar-refractivity contribution in [3.8, 4) is 0 Å². The van der Waals surface area contributed by atoms with Gasteiger partial charge in [0.15, 0.2) is 0 Å². The van der Waals surface area contributed by atoms with E-state index in [0.29, 0.717) is 13.0 Å². The number of carbonyl (C=O) groups is 1. The van der Waals surface area contributed by atoms with Gasteiger partial charge in [0.05, 0.1) is 6.61 Å². The van der Waals surface area contributed by atoms with Crippen LogP contribution in [0, 0.1) is 5.41 Å². The molecule has 0 spiro atoms. The highest BCUT2D eigenvalue weighted by Crippen LogP contribution is 2.35. The van der Waals surface area contributed by atoms with E-state index >= 15 is 0 Å². The Kier molecular flexibility index (Phi) is 6.23. The number of aliphatic hydroxyl groups excluding tert-OH is 1. The molecule has 1 aromatic carbocycles. The molecule has 2 rings (SSSR count). The fraction of sp³-hybridized carbons (Fsp3) is 0.650. The third kappa shape index (κ3) is 5.07. The highest BCUT2D eigenvalue weighted by Gasteiger charge is 2.31. The van der Waals surface area contributed by atoms with Gasteiger partial charge >= 0.3 is 0 Å². The number of hydrogen-bond donors (Lipinski definition) is 2. The maximum absolute atomic E-state index is 12.2. The number of amides is 1. The molecule has 0 saturated heterocycles. The zero-order valence-corrected chi connectivity index (χ0v) is 14.6. The smallest absolute Gasteiger partial charge is 0.220 e. The van der Waals surface area contributed by atoms with Crippen LogP contribution in [-0.4, -0.2) is 24.2 Å². The Morgan fingerprint density at radius 3 is 2.43 bits per heavy atom. The van der Waals surface area contributed by atoms with Crippen LogP contribution in [0.1, 0.15) is 64.4 Å². The van der Waals surface area contributed by atoms with Gasteiger partial charge in [0.25, 0.3) is 0 Å². The van der Waals surface area contributed by atoms with Gasteiger partial charge in [-0.05, 0) is 30.2 Å². The van der Waals surface area contributed by atoms with Gasteiger partial charge in [0.2, 0.25) is 5.91 Å². The average molecular weight is 317 g/mol. The van der Waals surface area contributed by atoms with Crippen molar-refractivity contribution < 1.29 is 9.90 Å². The molecule has 1 aliphatic rings. The molecule has 0 atom stereocenters. The fourth-order valence-electron chi connectivity index (χ4n) is 3.53. The van der Waals surface area contributed by atoms with Crippen molar-refractivity contribution in [1.29, 1.82) is 0 Å². The van der Waals surface area contributed by atoms with Gasteiger partial charge < -0.3 is 10.4 Å². The average Bonchev–Trinajstić information content (AvgIpc) is 2.60. The predicted octanol–water partition coefficient (Wildman–Crippen LogP) is 3.80. The van der Waals surface area contributed by atoms with Crippen LogP contribution in [-0.2, 0) is 10.2 Å². The highest BCUT2D eigenvalue weighted by molar-refractivity contribution is 5.76. The van der Waals surface area contributed by atoms with Crippen LogP contribution in [0.5, 0.6) is 0 Å². The van der Waals surface area contributed by atoms with Gasteiger partial charge in [-0.25, -0.2) is 0 Å². The quantitative estimate of drug-likeness (QED) is 0.803. The third-order valence-corrected chi connectivity index (χ3v) is 5.44. The minimum Gasteiger partial charge on any atom is -0.396 e. The first-order valence-corrected chi connectivity index (χ1v) is 8.91. The Morgan fingerprint density at radius 2 is 1.83 bits per heavy atom. The monoisotopic (exact) mass is 317 g/mol. The van der Waals surface area contributed by atoms with E-state index in [1.165, 1.54) is 12.0 Å². The normalized spacial score (nSPS) is 17.7. The van der Waals surface area contributed by atoms with Crippen LogP contribution in [0.15, 0.2) is 30.3 Å². The summed E-state index contributed by atoms with van der Waals surface area (Å²) in [5, 5.41) is 12.8. The summed E-state index contributed by atoms with van der Waals surface area (Å²) in [6.07, 6.45) is 6.99. The van der Waals surface area contributed by atoms with Crippen molar-refractivity contribution in [2.24, 2.45) is 5.41 Å². The molecular formula is C20H31NO2. The SMILES string of the molecule is CC(C)(CCC(=O)NCC1(CO)CCCCC1)c1ccccc1. The number of hydrogen-bond acceptors (Lipinski definition) is 2. The van der Waals surface area contributed by atoms with E-state index in [1.807, 2.05) is 18.2 Å². The third-order valence-electron chi connectivity index (χ3n) is 5.44.